The van der Waals surface area contributed by atoms with Crippen molar-refractivity contribution in [1.82, 2.24) is 10.2 Å². The minimum atomic E-state index is -0.702. The topological polar surface area (TPSA) is 49.4 Å². The van der Waals surface area contributed by atoms with Gasteiger partial charge in [-0.1, -0.05) is 13.8 Å². The van der Waals surface area contributed by atoms with Gasteiger partial charge in [-0.2, -0.15) is 0 Å². The summed E-state index contributed by atoms with van der Waals surface area (Å²) in [5.74, 6) is 0.449. The summed E-state index contributed by atoms with van der Waals surface area (Å²) >= 11 is 0. The van der Waals surface area contributed by atoms with E-state index in [1.54, 1.807) is 0 Å². The molecule has 102 valence electrons. The van der Waals surface area contributed by atoms with Crippen LogP contribution in [0.3, 0.4) is 0 Å². The van der Waals surface area contributed by atoms with Gasteiger partial charge in [0.05, 0.1) is 0 Å². The Morgan fingerprint density at radius 3 is 2.28 bits per heavy atom. The lowest BCUT2D eigenvalue weighted by Crippen LogP contribution is -2.47. The van der Waals surface area contributed by atoms with Crippen LogP contribution in [0.5, 0.6) is 0 Å². The summed E-state index contributed by atoms with van der Waals surface area (Å²) in [5.41, 5.74) is -0.702. The number of amides is 2. The predicted molar refractivity (Wildman–Crippen MR) is 69.9 cm³/mol. The Morgan fingerprint density at radius 2 is 1.78 bits per heavy atom. The number of carbonyl (C=O) groups is 2. The Morgan fingerprint density at radius 1 is 1.17 bits per heavy atom. The van der Waals surface area contributed by atoms with Crippen molar-refractivity contribution in [3.05, 3.63) is 0 Å². The lowest BCUT2D eigenvalue weighted by atomic mass is 10.0. The molecule has 0 unspecified atom stereocenters. The average Bonchev–Trinajstić information content (AvgIpc) is 3.17. The number of piperidine rings is 1. The van der Waals surface area contributed by atoms with Crippen LogP contribution in [0, 0.1) is 11.3 Å². The van der Waals surface area contributed by atoms with Gasteiger partial charge < -0.3 is 10.2 Å². The normalized spacial score (nSPS) is 21.8. The highest BCUT2D eigenvalue weighted by Gasteiger charge is 2.57. The number of rotatable bonds is 4. The van der Waals surface area contributed by atoms with Gasteiger partial charge in [-0.05, 0) is 38.0 Å². The molecule has 0 aromatic rings. The van der Waals surface area contributed by atoms with Crippen molar-refractivity contribution in [3.8, 4) is 0 Å². The maximum absolute atomic E-state index is 12.4. The maximum atomic E-state index is 12.4. The maximum Gasteiger partial charge on any atom is 0.238 e. The summed E-state index contributed by atoms with van der Waals surface area (Å²) in [5, 5.41) is 2.92. The molecule has 0 aromatic carbocycles. The SMILES string of the molecule is CC(C)CNC(=O)C1(C(=O)N2CCCCC2)CC1. The zero-order valence-corrected chi connectivity index (χ0v) is 11.5. The van der Waals surface area contributed by atoms with Gasteiger partial charge >= 0.3 is 0 Å². The first-order chi connectivity index (χ1) is 8.56. The fourth-order valence-corrected chi connectivity index (χ4v) is 2.53. The van der Waals surface area contributed by atoms with Gasteiger partial charge in [0.1, 0.15) is 5.41 Å². The number of carbonyl (C=O) groups excluding carboxylic acids is 2. The van der Waals surface area contributed by atoms with Gasteiger partial charge in [0, 0.05) is 19.6 Å². The molecular weight excluding hydrogens is 228 g/mol. The largest absolute Gasteiger partial charge is 0.355 e. The van der Waals surface area contributed by atoms with Crippen molar-refractivity contribution >= 4 is 11.8 Å². The summed E-state index contributed by atoms with van der Waals surface area (Å²) in [6.07, 6.45) is 4.82. The van der Waals surface area contributed by atoms with Gasteiger partial charge in [0.2, 0.25) is 11.8 Å². The zero-order chi connectivity index (χ0) is 13.2. The van der Waals surface area contributed by atoms with E-state index in [4.69, 9.17) is 0 Å². The highest BCUT2D eigenvalue weighted by molar-refractivity contribution is 6.07. The molecule has 2 rings (SSSR count). The molecule has 1 aliphatic carbocycles. The van der Waals surface area contributed by atoms with Crippen LogP contribution in [0.4, 0.5) is 0 Å². The molecule has 2 aliphatic rings. The van der Waals surface area contributed by atoms with E-state index in [2.05, 4.69) is 19.2 Å². The van der Waals surface area contributed by atoms with Gasteiger partial charge in [0.25, 0.3) is 0 Å². The molecule has 2 amide bonds. The minimum Gasteiger partial charge on any atom is -0.355 e. The number of nitrogens with zero attached hydrogens (tertiary/aromatic N) is 1. The molecule has 18 heavy (non-hydrogen) atoms. The lowest BCUT2D eigenvalue weighted by molar-refractivity contribution is -0.145. The lowest BCUT2D eigenvalue weighted by Gasteiger charge is -2.30. The van der Waals surface area contributed by atoms with Crippen molar-refractivity contribution < 1.29 is 9.59 Å². The number of hydrogen-bond acceptors (Lipinski definition) is 2. The first-order valence-corrected chi connectivity index (χ1v) is 7.14. The van der Waals surface area contributed by atoms with Gasteiger partial charge in [-0.25, -0.2) is 0 Å². The molecule has 1 aliphatic heterocycles. The summed E-state index contributed by atoms with van der Waals surface area (Å²) in [4.78, 5) is 26.5. The predicted octanol–water partition coefficient (Wildman–Crippen LogP) is 1.55. The van der Waals surface area contributed by atoms with E-state index in [1.165, 1.54) is 6.42 Å². The second-order valence-corrected chi connectivity index (χ2v) is 6.04. The van der Waals surface area contributed by atoms with Crippen LogP contribution >= 0.6 is 0 Å². The first kappa shape index (κ1) is 13.4. The Bertz CT molecular complexity index is 329. The van der Waals surface area contributed by atoms with Crippen LogP contribution in [-0.2, 0) is 9.59 Å². The van der Waals surface area contributed by atoms with Crippen molar-refractivity contribution in [2.24, 2.45) is 11.3 Å². The third-order valence-electron chi connectivity index (χ3n) is 3.91. The van der Waals surface area contributed by atoms with Crippen molar-refractivity contribution in [3.63, 3.8) is 0 Å². The van der Waals surface area contributed by atoms with Crippen LogP contribution in [0.15, 0.2) is 0 Å². The molecule has 1 heterocycles. The fourth-order valence-electron chi connectivity index (χ4n) is 2.53. The molecule has 1 saturated heterocycles. The average molecular weight is 252 g/mol. The monoisotopic (exact) mass is 252 g/mol. The number of likely N-dealkylation sites (tertiary alicyclic amines) is 1. The highest BCUT2D eigenvalue weighted by Crippen LogP contribution is 2.47. The molecule has 4 nitrogen and oxygen atoms in total. The van der Waals surface area contributed by atoms with Crippen LogP contribution < -0.4 is 5.32 Å². The fraction of sp³-hybridized carbons (Fsp3) is 0.857. The van der Waals surface area contributed by atoms with Crippen LogP contribution in [0.1, 0.15) is 46.0 Å². The molecule has 0 bridgehead atoms. The quantitative estimate of drug-likeness (QED) is 0.772. The van der Waals surface area contributed by atoms with Crippen molar-refractivity contribution in [2.75, 3.05) is 19.6 Å². The Hall–Kier alpha value is -1.06. The number of nitrogens with one attached hydrogen (secondary N) is 1. The van der Waals surface area contributed by atoms with Gasteiger partial charge in [-0.15, -0.1) is 0 Å². The van der Waals surface area contributed by atoms with E-state index in [0.29, 0.717) is 12.5 Å². The molecule has 0 radical (unpaired) electrons. The van der Waals surface area contributed by atoms with Gasteiger partial charge in [-0.3, -0.25) is 9.59 Å². The second kappa shape index (κ2) is 5.29. The molecule has 0 atom stereocenters. The molecule has 2 fully saturated rings. The van der Waals surface area contributed by atoms with Crippen LogP contribution in [-0.4, -0.2) is 36.3 Å². The molecule has 0 aromatic heterocycles. The van der Waals surface area contributed by atoms with Crippen molar-refractivity contribution in [1.29, 1.82) is 0 Å². The Labute approximate surface area is 109 Å². The Balaban J connectivity index is 1.93. The van der Waals surface area contributed by atoms with E-state index in [0.717, 1.165) is 38.8 Å². The molecule has 0 spiro atoms. The van der Waals surface area contributed by atoms with E-state index in [-0.39, 0.29) is 11.8 Å². The minimum absolute atomic E-state index is 0.0493. The molecule has 1 saturated carbocycles. The standard InChI is InChI=1S/C14H24N2O2/c1-11(2)10-15-12(17)14(6-7-14)13(18)16-8-4-3-5-9-16/h11H,3-10H2,1-2H3,(H,15,17). The highest BCUT2D eigenvalue weighted by atomic mass is 16.2. The Kier molecular flexibility index (Phi) is 3.93. The summed E-state index contributed by atoms with van der Waals surface area (Å²) in [6, 6.07) is 0. The van der Waals surface area contributed by atoms with Crippen LogP contribution in [0.2, 0.25) is 0 Å². The summed E-state index contributed by atoms with van der Waals surface area (Å²) in [7, 11) is 0. The number of hydrogen-bond donors (Lipinski definition) is 1. The van der Waals surface area contributed by atoms with Crippen LogP contribution in [0.25, 0.3) is 0 Å². The third kappa shape index (κ3) is 2.68. The second-order valence-electron chi connectivity index (χ2n) is 6.04. The van der Waals surface area contributed by atoms with Crippen molar-refractivity contribution in [2.45, 2.75) is 46.0 Å². The first-order valence-electron chi connectivity index (χ1n) is 7.14. The zero-order valence-electron chi connectivity index (χ0n) is 11.5. The smallest absolute Gasteiger partial charge is 0.238 e. The summed E-state index contributed by atoms with van der Waals surface area (Å²) < 4.78 is 0. The van der Waals surface area contributed by atoms with E-state index >= 15 is 0 Å². The molecule has 1 N–H and O–H groups in total. The van der Waals surface area contributed by atoms with Gasteiger partial charge in [0.15, 0.2) is 0 Å². The van der Waals surface area contributed by atoms with E-state index in [1.807, 2.05) is 4.90 Å². The molecule has 4 heteroatoms. The van der Waals surface area contributed by atoms with E-state index in [9.17, 15) is 9.59 Å². The van der Waals surface area contributed by atoms with E-state index < -0.39 is 5.41 Å². The molecular formula is C14H24N2O2. The summed E-state index contributed by atoms with van der Waals surface area (Å²) in [6.45, 7) is 6.45. The third-order valence-corrected chi connectivity index (χ3v) is 3.91.